The first-order valence-electron chi connectivity index (χ1n) is 6.09. The Morgan fingerprint density at radius 1 is 1.07 bits per heavy atom. The van der Waals surface area contributed by atoms with Crippen molar-refractivity contribution in [3.63, 3.8) is 0 Å². The molecule has 2 nitrogen and oxygen atoms in total. The third kappa shape index (κ3) is 6.39. The molecule has 0 saturated heterocycles. The maximum absolute atomic E-state index is 3.46. The summed E-state index contributed by atoms with van der Waals surface area (Å²) in [4.78, 5) is 2.54. The second-order valence-corrected chi connectivity index (χ2v) is 4.32. The first kappa shape index (κ1) is 13.9. The molecule has 0 heterocycles. The van der Waals surface area contributed by atoms with Crippen LogP contribution in [0.15, 0.2) is 0 Å². The minimum Gasteiger partial charge on any atom is -0.313 e. The maximum Gasteiger partial charge on any atom is 0.0166 e. The zero-order valence-corrected chi connectivity index (χ0v) is 10.6. The van der Waals surface area contributed by atoms with E-state index < -0.39 is 0 Å². The van der Waals surface area contributed by atoms with Gasteiger partial charge in [-0.1, -0.05) is 34.1 Å². The third-order valence-corrected chi connectivity index (χ3v) is 2.80. The zero-order valence-electron chi connectivity index (χ0n) is 10.6. The number of nitrogens with zero attached hydrogens (tertiary/aromatic N) is 1. The second-order valence-electron chi connectivity index (χ2n) is 4.32. The van der Waals surface area contributed by atoms with E-state index in [0.29, 0.717) is 6.04 Å². The van der Waals surface area contributed by atoms with Gasteiger partial charge in [-0.05, 0) is 25.9 Å². The predicted molar refractivity (Wildman–Crippen MR) is 64.7 cm³/mol. The lowest BCUT2D eigenvalue weighted by Crippen LogP contribution is -2.40. The van der Waals surface area contributed by atoms with Crippen LogP contribution in [-0.2, 0) is 0 Å². The van der Waals surface area contributed by atoms with Crippen molar-refractivity contribution in [2.24, 2.45) is 5.92 Å². The van der Waals surface area contributed by atoms with Crippen LogP contribution in [0.4, 0.5) is 0 Å². The highest BCUT2D eigenvalue weighted by atomic mass is 15.1. The molecule has 86 valence electrons. The summed E-state index contributed by atoms with van der Waals surface area (Å²) in [6.07, 6.45) is 1.28. The highest BCUT2D eigenvalue weighted by molar-refractivity contribution is 4.68. The molecule has 0 fully saturated rings. The van der Waals surface area contributed by atoms with Gasteiger partial charge in [0, 0.05) is 19.1 Å². The minimum absolute atomic E-state index is 0.615. The molecule has 0 spiro atoms. The first-order chi connectivity index (χ1) is 6.63. The van der Waals surface area contributed by atoms with Crippen LogP contribution in [0, 0.1) is 5.92 Å². The van der Waals surface area contributed by atoms with E-state index >= 15 is 0 Å². The Labute approximate surface area is 90.1 Å². The van der Waals surface area contributed by atoms with E-state index in [1.54, 1.807) is 0 Å². The third-order valence-electron chi connectivity index (χ3n) is 2.80. The summed E-state index contributed by atoms with van der Waals surface area (Å²) in [5, 5.41) is 3.46. The lowest BCUT2D eigenvalue weighted by Gasteiger charge is -2.27. The van der Waals surface area contributed by atoms with E-state index in [-0.39, 0.29) is 0 Å². The van der Waals surface area contributed by atoms with Crippen molar-refractivity contribution in [3.8, 4) is 0 Å². The van der Waals surface area contributed by atoms with E-state index in [1.165, 1.54) is 26.1 Å². The summed E-state index contributed by atoms with van der Waals surface area (Å²) in [6, 6.07) is 0.615. The Morgan fingerprint density at radius 3 is 2.14 bits per heavy atom. The van der Waals surface area contributed by atoms with Gasteiger partial charge in [-0.15, -0.1) is 0 Å². The van der Waals surface area contributed by atoms with Crippen LogP contribution in [0.5, 0.6) is 0 Å². The Bertz CT molecular complexity index is 125. The first-order valence-corrected chi connectivity index (χ1v) is 6.09. The Hall–Kier alpha value is -0.0800. The molecule has 1 N–H and O–H groups in total. The fourth-order valence-electron chi connectivity index (χ4n) is 1.70. The van der Waals surface area contributed by atoms with Crippen molar-refractivity contribution in [1.29, 1.82) is 0 Å². The standard InChI is InChI=1S/C12H28N2/c1-6-11(4)9-14(8-3)10-12(5)13-7-2/h11-13H,6-10H2,1-5H3. The topological polar surface area (TPSA) is 15.3 Å². The molecule has 0 aromatic carbocycles. The molecular weight excluding hydrogens is 172 g/mol. The average molecular weight is 200 g/mol. The smallest absolute Gasteiger partial charge is 0.0166 e. The molecule has 14 heavy (non-hydrogen) atoms. The molecule has 0 aliphatic carbocycles. The zero-order chi connectivity index (χ0) is 11.0. The Balaban J connectivity index is 3.77. The molecule has 2 unspecified atom stereocenters. The van der Waals surface area contributed by atoms with Gasteiger partial charge >= 0.3 is 0 Å². The van der Waals surface area contributed by atoms with Crippen molar-refractivity contribution in [3.05, 3.63) is 0 Å². The van der Waals surface area contributed by atoms with Crippen molar-refractivity contribution >= 4 is 0 Å². The van der Waals surface area contributed by atoms with Crippen LogP contribution in [0.25, 0.3) is 0 Å². The second kappa shape index (κ2) is 8.25. The molecule has 2 atom stereocenters. The van der Waals surface area contributed by atoms with Crippen LogP contribution in [0.3, 0.4) is 0 Å². The lowest BCUT2D eigenvalue weighted by atomic mass is 10.1. The Kier molecular flexibility index (Phi) is 8.20. The maximum atomic E-state index is 3.46. The number of hydrogen-bond donors (Lipinski definition) is 1. The van der Waals surface area contributed by atoms with E-state index in [1.807, 2.05) is 0 Å². The van der Waals surface area contributed by atoms with Gasteiger partial charge in [0.25, 0.3) is 0 Å². The number of likely N-dealkylation sites (N-methyl/N-ethyl adjacent to an activating group) is 2. The van der Waals surface area contributed by atoms with Crippen molar-refractivity contribution in [2.75, 3.05) is 26.2 Å². The van der Waals surface area contributed by atoms with Gasteiger partial charge in [0.1, 0.15) is 0 Å². The molecular formula is C12H28N2. The van der Waals surface area contributed by atoms with Crippen molar-refractivity contribution < 1.29 is 0 Å². The van der Waals surface area contributed by atoms with Gasteiger partial charge in [0.05, 0.1) is 0 Å². The average Bonchev–Trinajstić information content (AvgIpc) is 2.16. The van der Waals surface area contributed by atoms with Crippen LogP contribution in [-0.4, -0.2) is 37.1 Å². The molecule has 0 radical (unpaired) electrons. The van der Waals surface area contributed by atoms with Crippen LogP contribution in [0.1, 0.15) is 41.0 Å². The summed E-state index contributed by atoms with van der Waals surface area (Å²) < 4.78 is 0. The molecule has 0 aromatic rings. The van der Waals surface area contributed by atoms with E-state index in [9.17, 15) is 0 Å². The number of nitrogens with one attached hydrogen (secondary N) is 1. The largest absolute Gasteiger partial charge is 0.313 e. The van der Waals surface area contributed by atoms with Gasteiger partial charge in [0.2, 0.25) is 0 Å². The van der Waals surface area contributed by atoms with Crippen LogP contribution < -0.4 is 5.32 Å². The van der Waals surface area contributed by atoms with E-state index in [0.717, 1.165) is 12.5 Å². The van der Waals surface area contributed by atoms with Gasteiger partial charge in [0.15, 0.2) is 0 Å². The fraction of sp³-hybridized carbons (Fsp3) is 1.00. The number of hydrogen-bond acceptors (Lipinski definition) is 2. The molecule has 2 heteroatoms. The summed E-state index contributed by atoms with van der Waals surface area (Å²) in [6.45, 7) is 15.9. The molecule has 0 aliphatic rings. The van der Waals surface area contributed by atoms with Gasteiger partial charge in [-0.25, -0.2) is 0 Å². The summed E-state index contributed by atoms with van der Waals surface area (Å²) in [5.41, 5.74) is 0. The monoisotopic (exact) mass is 200 g/mol. The van der Waals surface area contributed by atoms with Crippen molar-refractivity contribution in [1.82, 2.24) is 10.2 Å². The van der Waals surface area contributed by atoms with Crippen LogP contribution in [0.2, 0.25) is 0 Å². The van der Waals surface area contributed by atoms with Gasteiger partial charge in [-0.2, -0.15) is 0 Å². The quantitative estimate of drug-likeness (QED) is 0.647. The summed E-state index contributed by atoms with van der Waals surface area (Å²) in [5.74, 6) is 0.823. The molecule has 0 bridgehead atoms. The predicted octanol–water partition coefficient (Wildman–Crippen LogP) is 2.35. The van der Waals surface area contributed by atoms with E-state index in [2.05, 4.69) is 44.8 Å². The van der Waals surface area contributed by atoms with E-state index in [4.69, 9.17) is 0 Å². The highest BCUT2D eigenvalue weighted by Crippen LogP contribution is 2.04. The highest BCUT2D eigenvalue weighted by Gasteiger charge is 2.10. The minimum atomic E-state index is 0.615. The SMILES string of the molecule is CCNC(C)CN(CC)CC(C)CC. The molecule has 0 amide bonds. The number of rotatable bonds is 8. The molecule has 0 saturated carbocycles. The molecule has 0 aliphatic heterocycles. The molecule has 0 aromatic heterocycles. The normalized spacial score (nSPS) is 15.9. The van der Waals surface area contributed by atoms with Crippen molar-refractivity contribution in [2.45, 2.75) is 47.1 Å². The Morgan fingerprint density at radius 2 is 1.71 bits per heavy atom. The fourth-order valence-corrected chi connectivity index (χ4v) is 1.70. The van der Waals surface area contributed by atoms with Gasteiger partial charge in [-0.3, -0.25) is 0 Å². The summed E-state index contributed by atoms with van der Waals surface area (Å²) in [7, 11) is 0. The van der Waals surface area contributed by atoms with Crippen LogP contribution >= 0.6 is 0 Å². The molecule has 0 rings (SSSR count). The van der Waals surface area contributed by atoms with Gasteiger partial charge < -0.3 is 10.2 Å². The lowest BCUT2D eigenvalue weighted by molar-refractivity contribution is 0.225. The summed E-state index contributed by atoms with van der Waals surface area (Å²) >= 11 is 0.